The molecule has 110 valence electrons. The van der Waals surface area contributed by atoms with Crippen molar-refractivity contribution < 1.29 is 4.79 Å². The van der Waals surface area contributed by atoms with Crippen LogP contribution in [0.5, 0.6) is 0 Å². The summed E-state index contributed by atoms with van der Waals surface area (Å²) < 4.78 is 0. The van der Waals surface area contributed by atoms with Gasteiger partial charge in [0.05, 0.1) is 5.92 Å². The molecular formula is C14H26ClN3O. The smallest absolute Gasteiger partial charge is 0.227 e. The van der Waals surface area contributed by atoms with Crippen LogP contribution in [-0.2, 0) is 4.79 Å². The molecule has 19 heavy (non-hydrogen) atoms. The molecule has 1 unspecified atom stereocenters. The van der Waals surface area contributed by atoms with Crippen LogP contribution in [0, 0.1) is 11.8 Å². The van der Waals surface area contributed by atoms with Crippen LogP contribution >= 0.6 is 12.4 Å². The second-order valence-corrected chi connectivity index (χ2v) is 6.21. The van der Waals surface area contributed by atoms with Gasteiger partial charge in [0, 0.05) is 32.2 Å². The van der Waals surface area contributed by atoms with Gasteiger partial charge in [-0.05, 0) is 31.8 Å². The van der Waals surface area contributed by atoms with Gasteiger partial charge in [-0.1, -0.05) is 13.3 Å². The number of hydrogen-bond acceptors (Lipinski definition) is 3. The highest BCUT2D eigenvalue weighted by atomic mass is 35.5. The molecule has 3 heterocycles. The molecule has 3 fully saturated rings. The SMILES string of the molecule is C[C@@H]1CNC[C@H]1C(=O)N1CCN2CCCCC2C1.Cl. The van der Waals surface area contributed by atoms with Gasteiger partial charge in [0.25, 0.3) is 0 Å². The zero-order valence-electron chi connectivity index (χ0n) is 11.8. The minimum Gasteiger partial charge on any atom is -0.340 e. The molecule has 3 rings (SSSR count). The third-order valence-electron chi connectivity index (χ3n) is 4.98. The predicted molar refractivity (Wildman–Crippen MR) is 78.6 cm³/mol. The van der Waals surface area contributed by atoms with Gasteiger partial charge in [-0.15, -0.1) is 12.4 Å². The lowest BCUT2D eigenvalue weighted by Gasteiger charge is -2.44. The van der Waals surface area contributed by atoms with E-state index in [4.69, 9.17) is 0 Å². The largest absolute Gasteiger partial charge is 0.340 e. The molecule has 3 atom stereocenters. The highest BCUT2D eigenvalue weighted by molar-refractivity contribution is 5.85. The molecule has 1 N–H and O–H groups in total. The maximum absolute atomic E-state index is 12.6. The molecule has 3 aliphatic rings. The zero-order valence-corrected chi connectivity index (χ0v) is 12.6. The van der Waals surface area contributed by atoms with Gasteiger partial charge in [-0.3, -0.25) is 9.69 Å². The Morgan fingerprint density at radius 3 is 2.74 bits per heavy atom. The molecule has 0 spiro atoms. The molecule has 0 aromatic rings. The normalized spacial score (nSPS) is 35.6. The number of hydrogen-bond donors (Lipinski definition) is 1. The van der Waals surface area contributed by atoms with Crippen molar-refractivity contribution in [1.29, 1.82) is 0 Å². The zero-order chi connectivity index (χ0) is 12.5. The van der Waals surface area contributed by atoms with Crippen LogP contribution in [0.3, 0.4) is 0 Å². The average Bonchev–Trinajstić information content (AvgIpc) is 2.83. The monoisotopic (exact) mass is 287 g/mol. The van der Waals surface area contributed by atoms with Gasteiger partial charge in [0.1, 0.15) is 0 Å². The average molecular weight is 288 g/mol. The minimum absolute atomic E-state index is 0. The van der Waals surface area contributed by atoms with E-state index in [0.717, 1.165) is 32.7 Å². The number of carbonyl (C=O) groups is 1. The Morgan fingerprint density at radius 1 is 1.16 bits per heavy atom. The van der Waals surface area contributed by atoms with Gasteiger partial charge in [-0.25, -0.2) is 0 Å². The third-order valence-corrected chi connectivity index (χ3v) is 4.98. The number of halogens is 1. The van der Waals surface area contributed by atoms with E-state index in [1.165, 1.54) is 25.8 Å². The standard InChI is InChI=1S/C14H25N3O.ClH/c1-11-8-15-9-13(11)14(18)17-7-6-16-5-3-2-4-12(16)10-17;/h11-13,15H,2-10H2,1H3;1H/t11-,12?,13-;/m1./s1. The van der Waals surface area contributed by atoms with E-state index in [-0.39, 0.29) is 18.3 Å². The fraction of sp³-hybridized carbons (Fsp3) is 0.929. The summed E-state index contributed by atoms with van der Waals surface area (Å²) >= 11 is 0. The van der Waals surface area contributed by atoms with Crippen molar-refractivity contribution in [2.75, 3.05) is 39.3 Å². The lowest BCUT2D eigenvalue weighted by Crippen LogP contribution is -2.57. The Hall–Kier alpha value is -0.320. The Bertz CT molecular complexity index is 326. The van der Waals surface area contributed by atoms with E-state index in [9.17, 15) is 4.79 Å². The van der Waals surface area contributed by atoms with Crippen molar-refractivity contribution >= 4 is 18.3 Å². The Morgan fingerprint density at radius 2 is 2.00 bits per heavy atom. The molecule has 0 bridgehead atoms. The first kappa shape index (κ1) is 15.1. The van der Waals surface area contributed by atoms with E-state index in [0.29, 0.717) is 17.9 Å². The minimum atomic E-state index is 0. The summed E-state index contributed by atoms with van der Waals surface area (Å²) in [7, 11) is 0. The molecular weight excluding hydrogens is 262 g/mol. The number of nitrogens with one attached hydrogen (secondary N) is 1. The highest BCUT2D eigenvalue weighted by Crippen LogP contribution is 2.24. The molecule has 0 aliphatic carbocycles. The third kappa shape index (κ3) is 3.06. The Balaban J connectivity index is 0.00000133. The second kappa shape index (κ2) is 6.42. The van der Waals surface area contributed by atoms with Crippen LogP contribution in [0.1, 0.15) is 26.2 Å². The quantitative estimate of drug-likeness (QED) is 0.780. The maximum Gasteiger partial charge on any atom is 0.227 e. The van der Waals surface area contributed by atoms with Crippen LogP contribution in [0.4, 0.5) is 0 Å². The molecule has 3 aliphatic heterocycles. The number of amides is 1. The van der Waals surface area contributed by atoms with Gasteiger partial charge in [-0.2, -0.15) is 0 Å². The van der Waals surface area contributed by atoms with Crippen LogP contribution in [0.25, 0.3) is 0 Å². The molecule has 0 aromatic carbocycles. The number of nitrogens with zero attached hydrogens (tertiary/aromatic N) is 2. The van der Waals surface area contributed by atoms with E-state index in [2.05, 4.69) is 22.0 Å². The molecule has 0 saturated carbocycles. The molecule has 3 saturated heterocycles. The number of fused-ring (bicyclic) bond motifs is 1. The van der Waals surface area contributed by atoms with Gasteiger partial charge in [0.15, 0.2) is 0 Å². The van der Waals surface area contributed by atoms with Crippen LogP contribution < -0.4 is 5.32 Å². The van der Waals surface area contributed by atoms with E-state index in [1.807, 2.05) is 0 Å². The first-order valence-electron chi connectivity index (χ1n) is 7.49. The number of piperazine rings is 1. The highest BCUT2D eigenvalue weighted by Gasteiger charge is 2.36. The number of carbonyl (C=O) groups excluding carboxylic acids is 1. The van der Waals surface area contributed by atoms with Crippen molar-refractivity contribution in [1.82, 2.24) is 15.1 Å². The Labute approximate surface area is 122 Å². The molecule has 0 radical (unpaired) electrons. The van der Waals surface area contributed by atoms with Crippen molar-refractivity contribution in [2.45, 2.75) is 32.2 Å². The lowest BCUT2D eigenvalue weighted by molar-refractivity contribution is -0.139. The van der Waals surface area contributed by atoms with Gasteiger partial charge in [0.2, 0.25) is 5.91 Å². The van der Waals surface area contributed by atoms with Crippen molar-refractivity contribution in [3.63, 3.8) is 0 Å². The summed E-state index contributed by atoms with van der Waals surface area (Å²) in [6.45, 7) is 8.32. The van der Waals surface area contributed by atoms with Crippen LogP contribution in [0.15, 0.2) is 0 Å². The topological polar surface area (TPSA) is 35.6 Å². The molecule has 1 amide bonds. The van der Waals surface area contributed by atoms with E-state index in [1.54, 1.807) is 0 Å². The summed E-state index contributed by atoms with van der Waals surface area (Å²) in [5.41, 5.74) is 0. The van der Waals surface area contributed by atoms with Crippen LogP contribution in [0.2, 0.25) is 0 Å². The molecule has 5 heteroatoms. The Kier molecular flexibility index (Phi) is 5.09. The fourth-order valence-corrected chi connectivity index (χ4v) is 3.73. The summed E-state index contributed by atoms with van der Waals surface area (Å²) in [4.78, 5) is 17.3. The molecule has 0 aromatic heterocycles. The summed E-state index contributed by atoms with van der Waals surface area (Å²) in [5.74, 6) is 1.12. The maximum atomic E-state index is 12.6. The summed E-state index contributed by atoms with van der Waals surface area (Å²) in [5, 5.41) is 3.34. The first-order valence-corrected chi connectivity index (χ1v) is 7.49. The second-order valence-electron chi connectivity index (χ2n) is 6.21. The first-order chi connectivity index (χ1) is 8.75. The van der Waals surface area contributed by atoms with E-state index >= 15 is 0 Å². The van der Waals surface area contributed by atoms with Gasteiger partial charge >= 0.3 is 0 Å². The van der Waals surface area contributed by atoms with Crippen molar-refractivity contribution in [2.24, 2.45) is 11.8 Å². The number of piperidine rings is 1. The predicted octanol–water partition coefficient (Wildman–Crippen LogP) is 0.960. The van der Waals surface area contributed by atoms with Crippen molar-refractivity contribution in [3.8, 4) is 0 Å². The van der Waals surface area contributed by atoms with Crippen LogP contribution in [-0.4, -0.2) is 61.0 Å². The fourth-order valence-electron chi connectivity index (χ4n) is 3.73. The summed E-state index contributed by atoms with van der Waals surface area (Å²) in [6.07, 6.45) is 3.96. The van der Waals surface area contributed by atoms with Crippen molar-refractivity contribution in [3.05, 3.63) is 0 Å². The molecule has 4 nitrogen and oxygen atoms in total. The van der Waals surface area contributed by atoms with E-state index < -0.39 is 0 Å². The van der Waals surface area contributed by atoms with Gasteiger partial charge < -0.3 is 10.2 Å². The summed E-state index contributed by atoms with van der Waals surface area (Å²) in [6, 6.07) is 0.640. The lowest BCUT2D eigenvalue weighted by atomic mass is 9.94. The number of rotatable bonds is 1.